The minimum Gasteiger partial charge on any atom is -0.455 e. The van der Waals surface area contributed by atoms with Gasteiger partial charge < -0.3 is 4.42 Å². The Labute approximate surface area is 142 Å². The first kappa shape index (κ1) is 13.5. The summed E-state index contributed by atoms with van der Waals surface area (Å²) in [7, 11) is 0. The highest BCUT2D eigenvalue weighted by Crippen LogP contribution is 2.37. The molecule has 0 unspecified atom stereocenters. The predicted octanol–water partition coefficient (Wildman–Crippen LogP) is 5.85. The molecule has 0 radical (unpaired) electrons. The molecule has 0 saturated carbocycles. The van der Waals surface area contributed by atoms with E-state index >= 15 is 0 Å². The van der Waals surface area contributed by atoms with Crippen LogP contribution in [-0.4, -0.2) is 9.97 Å². The average molecular weight is 331 g/mol. The third-order valence-corrected chi connectivity index (χ3v) is 4.39. The highest BCUT2D eigenvalue weighted by Gasteiger charge is 2.16. The molecule has 0 fully saturated rings. The fraction of sp³-hybridized carbons (Fsp3) is 0. The Bertz CT molecular complexity index is 1210. The lowest BCUT2D eigenvalue weighted by molar-refractivity contribution is 0.672. The van der Waals surface area contributed by atoms with Crippen molar-refractivity contribution in [3.63, 3.8) is 0 Å². The van der Waals surface area contributed by atoms with Crippen molar-refractivity contribution in [3.05, 3.63) is 72.0 Å². The topological polar surface area (TPSA) is 38.9 Å². The van der Waals surface area contributed by atoms with Crippen LogP contribution in [0.1, 0.15) is 0 Å². The summed E-state index contributed by atoms with van der Waals surface area (Å²) in [6.07, 6.45) is 0. The maximum absolute atomic E-state index is 6.15. The third-order valence-electron chi connectivity index (χ3n) is 4.23. The highest BCUT2D eigenvalue weighted by atomic mass is 35.5. The molecule has 114 valence electrons. The summed E-state index contributed by atoms with van der Waals surface area (Å²) in [5.41, 5.74) is 4.20. The zero-order valence-electron chi connectivity index (χ0n) is 12.5. The Morgan fingerprint density at radius 2 is 1.54 bits per heavy atom. The van der Waals surface area contributed by atoms with Crippen molar-refractivity contribution in [1.29, 1.82) is 0 Å². The fourth-order valence-corrected chi connectivity index (χ4v) is 3.35. The summed E-state index contributed by atoms with van der Waals surface area (Å²) >= 11 is 6.15. The number of benzene rings is 3. The lowest BCUT2D eigenvalue weighted by atomic mass is 10.0. The van der Waals surface area contributed by atoms with Crippen LogP contribution in [0.5, 0.6) is 0 Å². The Balaban J connectivity index is 2.01. The lowest BCUT2D eigenvalue weighted by Gasteiger charge is -2.07. The van der Waals surface area contributed by atoms with Gasteiger partial charge in [-0.05, 0) is 29.8 Å². The van der Waals surface area contributed by atoms with Crippen molar-refractivity contribution in [1.82, 2.24) is 9.97 Å². The van der Waals surface area contributed by atoms with E-state index in [1.165, 1.54) is 0 Å². The summed E-state index contributed by atoms with van der Waals surface area (Å²) in [5, 5.41) is 3.26. The Kier molecular flexibility index (Phi) is 2.84. The molecule has 5 aromatic rings. The van der Waals surface area contributed by atoms with Crippen LogP contribution in [0.25, 0.3) is 44.1 Å². The third kappa shape index (κ3) is 1.92. The number of nitrogens with zero attached hydrogens (tertiary/aromatic N) is 2. The van der Waals surface area contributed by atoms with Gasteiger partial charge >= 0.3 is 0 Å². The molecule has 3 nitrogen and oxygen atoms in total. The van der Waals surface area contributed by atoms with Gasteiger partial charge in [-0.25, -0.2) is 9.97 Å². The summed E-state index contributed by atoms with van der Waals surface area (Å²) in [4.78, 5) is 8.86. The minimum atomic E-state index is 0.233. The second kappa shape index (κ2) is 5.05. The number of furan rings is 1. The molecule has 4 heteroatoms. The number of hydrogen-bond donors (Lipinski definition) is 0. The van der Waals surface area contributed by atoms with Gasteiger partial charge in [0, 0.05) is 16.3 Å². The maximum Gasteiger partial charge on any atom is 0.223 e. The Morgan fingerprint density at radius 1 is 0.750 bits per heavy atom. The van der Waals surface area contributed by atoms with Crippen molar-refractivity contribution in [2.75, 3.05) is 0 Å². The molecule has 0 spiro atoms. The summed E-state index contributed by atoms with van der Waals surface area (Å²) in [6.45, 7) is 0. The lowest BCUT2D eigenvalue weighted by Crippen LogP contribution is -1.91. The molecule has 0 amide bonds. The molecule has 2 heterocycles. The monoisotopic (exact) mass is 330 g/mol. The first-order valence-corrected chi connectivity index (χ1v) is 8.02. The van der Waals surface area contributed by atoms with Gasteiger partial charge in [0.1, 0.15) is 11.2 Å². The smallest absolute Gasteiger partial charge is 0.223 e. The van der Waals surface area contributed by atoms with E-state index in [1.807, 2.05) is 60.7 Å². The molecule has 0 aliphatic heterocycles. The summed E-state index contributed by atoms with van der Waals surface area (Å²) < 4.78 is 6.14. The molecule has 2 aromatic heterocycles. The molecule has 5 rings (SSSR count). The van der Waals surface area contributed by atoms with Gasteiger partial charge in [0.15, 0.2) is 0 Å². The Hall–Kier alpha value is -2.91. The number of fused-ring (bicyclic) bond motifs is 5. The molecular formula is C20H11ClN2O. The van der Waals surface area contributed by atoms with Crippen molar-refractivity contribution < 1.29 is 4.42 Å². The SMILES string of the molecule is Clc1nc(-c2ccccc2)c2c(ccc3c4ccccc4oc32)n1. The first-order chi connectivity index (χ1) is 11.8. The molecule has 3 aromatic carbocycles. The number of para-hydroxylation sites is 1. The zero-order valence-corrected chi connectivity index (χ0v) is 13.3. The average Bonchev–Trinajstić information content (AvgIpc) is 3.00. The van der Waals surface area contributed by atoms with Crippen molar-refractivity contribution >= 4 is 44.4 Å². The molecule has 24 heavy (non-hydrogen) atoms. The standard InChI is InChI=1S/C20H11ClN2O/c21-20-22-15-11-10-14-13-8-4-5-9-16(13)24-19(14)17(15)18(23-20)12-6-2-1-3-7-12/h1-11H. The second-order valence-electron chi connectivity index (χ2n) is 5.64. The van der Waals surface area contributed by atoms with Crippen LogP contribution in [0.4, 0.5) is 0 Å². The maximum atomic E-state index is 6.15. The van der Waals surface area contributed by atoms with Crippen molar-refractivity contribution in [3.8, 4) is 11.3 Å². The van der Waals surface area contributed by atoms with E-state index in [0.29, 0.717) is 0 Å². The van der Waals surface area contributed by atoms with Crippen LogP contribution in [0.2, 0.25) is 5.28 Å². The fourth-order valence-electron chi connectivity index (χ4n) is 3.18. The molecular weight excluding hydrogens is 320 g/mol. The van der Waals surface area contributed by atoms with E-state index in [-0.39, 0.29) is 5.28 Å². The van der Waals surface area contributed by atoms with Crippen LogP contribution in [0.3, 0.4) is 0 Å². The molecule has 0 bridgehead atoms. The molecule has 0 aliphatic rings. The predicted molar refractivity (Wildman–Crippen MR) is 97.3 cm³/mol. The normalized spacial score (nSPS) is 11.5. The van der Waals surface area contributed by atoms with Gasteiger partial charge in [-0.3, -0.25) is 0 Å². The van der Waals surface area contributed by atoms with Gasteiger partial charge in [-0.15, -0.1) is 0 Å². The van der Waals surface area contributed by atoms with Gasteiger partial charge in [0.05, 0.1) is 16.6 Å². The van der Waals surface area contributed by atoms with Crippen LogP contribution in [0.15, 0.2) is 71.1 Å². The molecule has 0 atom stereocenters. The molecule has 0 saturated heterocycles. The quantitative estimate of drug-likeness (QED) is 0.362. The van der Waals surface area contributed by atoms with E-state index in [9.17, 15) is 0 Å². The number of aromatic nitrogens is 2. The summed E-state index contributed by atoms with van der Waals surface area (Å²) in [6, 6.07) is 22.0. The van der Waals surface area contributed by atoms with Crippen molar-refractivity contribution in [2.24, 2.45) is 0 Å². The zero-order chi connectivity index (χ0) is 16.1. The van der Waals surface area contributed by atoms with E-state index in [1.54, 1.807) is 0 Å². The second-order valence-corrected chi connectivity index (χ2v) is 5.98. The van der Waals surface area contributed by atoms with Crippen LogP contribution in [0, 0.1) is 0 Å². The van der Waals surface area contributed by atoms with Crippen LogP contribution >= 0.6 is 11.6 Å². The largest absolute Gasteiger partial charge is 0.455 e. The van der Waals surface area contributed by atoms with Gasteiger partial charge in [-0.1, -0.05) is 48.5 Å². The number of hydrogen-bond acceptors (Lipinski definition) is 3. The molecule has 0 aliphatic carbocycles. The van der Waals surface area contributed by atoms with Crippen LogP contribution in [-0.2, 0) is 0 Å². The van der Waals surface area contributed by atoms with E-state index in [0.717, 1.165) is 44.1 Å². The number of rotatable bonds is 1. The number of halogens is 1. The Morgan fingerprint density at radius 3 is 2.42 bits per heavy atom. The van der Waals surface area contributed by atoms with E-state index in [2.05, 4.69) is 16.0 Å². The van der Waals surface area contributed by atoms with Gasteiger partial charge in [0.2, 0.25) is 5.28 Å². The highest BCUT2D eigenvalue weighted by molar-refractivity contribution is 6.29. The van der Waals surface area contributed by atoms with Crippen molar-refractivity contribution in [2.45, 2.75) is 0 Å². The minimum absolute atomic E-state index is 0.233. The van der Waals surface area contributed by atoms with E-state index < -0.39 is 0 Å². The summed E-state index contributed by atoms with van der Waals surface area (Å²) in [5.74, 6) is 0. The molecule has 0 N–H and O–H groups in total. The van der Waals surface area contributed by atoms with Gasteiger partial charge in [-0.2, -0.15) is 0 Å². The first-order valence-electron chi connectivity index (χ1n) is 7.64. The van der Waals surface area contributed by atoms with E-state index in [4.69, 9.17) is 16.0 Å². The van der Waals surface area contributed by atoms with Gasteiger partial charge in [0.25, 0.3) is 0 Å². The van der Waals surface area contributed by atoms with Crippen LogP contribution < -0.4 is 0 Å².